The Balaban J connectivity index is 2.64. The van der Waals surface area contributed by atoms with E-state index in [1.54, 1.807) is 5.32 Å². The molecule has 1 saturated carbocycles. The first kappa shape index (κ1) is 11.8. The average molecular weight is 225 g/mol. The SMILES string of the molecule is CC(C(=O)O)C(=O)NC1(C(F)(F)F)CC1. The highest BCUT2D eigenvalue weighted by atomic mass is 19.4. The summed E-state index contributed by atoms with van der Waals surface area (Å²) < 4.78 is 37.1. The van der Waals surface area contributed by atoms with Gasteiger partial charge in [0.2, 0.25) is 5.91 Å². The predicted octanol–water partition coefficient (Wildman–Crippen LogP) is 0.918. The van der Waals surface area contributed by atoms with Gasteiger partial charge in [0.15, 0.2) is 0 Å². The molecule has 1 unspecified atom stereocenters. The molecule has 2 N–H and O–H groups in total. The van der Waals surface area contributed by atoms with Gasteiger partial charge >= 0.3 is 12.1 Å². The Labute approximate surface area is 83.5 Å². The lowest BCUT2D eigenvalue weighted by Crippen LogP contribution is -2.50. The molecule has 0 spiro atoms. The Morgan fingerprint density at radius 2 is 1.87 bits per heavy atom. The van der Waals surface area contributed by atoms with Crippen molar-refractivity contribution in [2.45, 2.75) is 31.5 Å². The summed E-state index contributed by atoms with van der Waals surface area (Å²) in [4.78, 5) is 21.4. The summed E-state index contributed by atoms with van der Waals surface area (Å²) in [6.45, 7) is 1.05. The average Bonchev–Trinajstić information content (AvgIpc) is 2.82. The minimum absolute atomic E-state index is 0.186. The number of nitrogens with one attached hydrogen (secondary N) is 1. The van der Waals surface area contributed by atoms with Gasteiger partial charge in [-0.1, -0.05) is 0 Å². The first-order chi connectivity index (χ1) is 6.69. The van der Waals surface area contributed by atoms with E-state index in [9.17, 15) is 22.8 Å². The molecule has 1 fully saturated rings. The zero-order valence-electron chi connectivity index (χ0n) is 7.89. The molecule has 86 valence electrons. The topological polar surface area (TPSA) is 66.4 Å². The maximum absolute atomic E-state index is 12.4. The van der Waals surface area contributed by atoms with Gasteiger partial charge in [-0.05, 0) is 19.8 Å². The van der Waals surface area contributed by atoms with Gasteiger partial charge in [0.25, 0.3) is 0 Å². The minimum atomic E-state index is -4.51. The smallest absolute Gasteiger partial charge is 0.411 e. The van der Waals surface area contributed by atoms with Crippen LogP contribution in [0.2, 0.25) is 0 Å². The summed E-state index contributed by atoms with van der Waals surface area (Å²) in [5.41, 5.74) is -2.19. The molecule has 7 heteroatoms. The van der Waals surface area contributed by atoms with Crippen molar-refractivity contribution in [2.75, 3.05) is 0 Å². The van der Waals surface area contributed by atoms with Gasteiger partial charge in [0.05, 0.1) is 0 Å². The molecule has 0 aromatic heterocycles. The lowest BCUT2D eigenvalue weighted by atomic mass is 10.1. The molecule has 0 bridgehead atoms. The van der Waals surface area contributed by atoms with Gasteiger partial charge in [-0.3, -0.25) is 9.59 Å². The molecule has 0 aromatic carbocycles. The molecule has 1 amide bonds. The van der Waals surface area contributed by atoms with Gasteiger partial charge in [-0.2, -0.15) is 13.2 Å². The fourth-order valence-corrected chi connectivity index (χ4v) is 1.06. The van der Waals surface area contributed by atoms with Crippen molar-refractivity contribution in [1.29, 1.82) is 0 Å². The summed E-state index contributed by atoms with van der Waals surface area (Å²) in [5.74, 6) is -4.01. The molecule has 0 radical (unpaired) electrons. The largest absolute Gasteiger partial charge is 0.481 e. The van der Waals surface area contributed by atoms with Crippen LogP contribution < -0.4 is 5.32 Å². The Morgan fingerprint density at radius 3 is 2.13 bits per heavy atom. The molecule has 0 heterocycles. The van der Waals surface area contributed by atoms with Crippen LogP contribution in [0.5, 0.6) is 0 Å². The first-order valence-corrected chi connectivity index (χ1v) is 4.31. The van der Waals surface area contributed by atoms with E-state index in [-0.39, 0.29) is 12.8 Å². The zero-order chi connectivity index (χ0) is 11.9. The molecule has 1 atom stereocenters. The summed E-state index contributed by atoms with van der Waals surface area (Å²) in [5, 5.41) is 10.2. The lowest BCUT2D eigenvalue weighted by molar-refractivity contribution is -0.172. The monoisotopic (exact) mass is 225 g/mol. The van der Waals surface area contributed by atoms with Crippen LogP contribution in [0.1, 0.15) is 19.8 Å². The molecule has 15 heavy (non-hydrogen) atoms. The van der Waals surface area contributed by atoms with E-state index in [1.165, 1.54) is 0 Å². The highest BCUT2D eigenvalue weighted by molar-refractivity contribution is 5.97. The summed E-state index contributed by atoms with van der Waals surface area (Å²) >= 11 is 0. The van der Waals surface area contributed by atoms with E-state index >= 15 is 0 Å². The molecule has 1 aliphatic carbocycles. The third-order valence-electron chi connectivity index (χ3n) is 2.42. The van der Waals surface area contributed by atoms with Gasteiger partial charge < -0.3 is 10.4 Å². The van der Waals surface area contributed by atoms with Crippen LogP contribution in [0.3, 0.4) is 0 Å². The second kappa shape index (κ2) is 3.39. The van der Waals surface area contributed by atoms with Crippen molar-refractivity contribution >= 4 is 11.9 Å². The van der Waals surface area contributed by atoms with Crippen molar-refractivity contribution in [1.82, 2.24) is 5.32 Å². The van der Waals surface area contributed by atoms with E-state index in [2.05, 4.69) is 0 Å². The number of carbonyl (C=O) groups is 2. The highest BCUT2D eigenvalue weighted by Gasteiger charge is 2.64. The number of alkyl halides is 3. The Morgan fingerprint density at radius 1 is 1.40 bits per heavy atom. The maximum Gasteiger partial charge on any atom is 0.411 e. The van der Waals surface area contributed by atoms with E-state index in [1.807, 2.05) is 0 Å². The molecular weight excluding hydrogens is 215 g/mol. The third-order valence-corrected chi connectivity index (χ3v) is 2.42. The van der Waals surface area contributed by atoms with Crippen LogP contribution >= 0.6 is 0 Å². The standard InChI is InChI=1S/C8H10F3NO3/c1-4(6(14)15)5(13)12-7(2-3-7)8(9,10)11/h4H,2-3H2,1H3,(H,12,13)(H,14,15). The van der Waals surface area contributed by atoms with E-state index in [0.29, 0.717) is 0 Å². The Bertz CT molecular complexity index is 296. The third kappa shape index (κ3) is 2.21. The number of carbonyl (C=O) groups excluding carboxylic acids is 1. The maximum atomic E-state index is 12.4. The number of rotatable bonds is 3. The van der Waals surface area contributed by atoms with Crippen LogP contribution in [-0.2, 0) is 9.59 Å². The van der Waals surface area contributed by atoms with E-state index in [0.717, 1.165) is 6.92 Å². The van der Waals surface area contributed by atoms with E-state index < -0.39 is 29.5 Å². The summed E-state index contributed by atoms with van der Waals surface area (Å²) in [7, 11) is 0. The fourth-order valence-electron chi connectivity index (χ4n) is 1.06. The van der Waals surface area contributed by atoms with E-state index in [4.69, 9.17) is 5.11 Å². The van der Waals surface area contributed by atoms with Crippen molar-refractivity contribution in [3.63, 3.8) is 0 Å². The number of carboxylic acids is 1. The lowest BCUT2D eigenvalue weighted by Gasteiger charge is -2.21. The molecular formula is C8H10F3NO3. The van der Waals surface area contributed by atoms with Crippen LogP contribution in [0, 0.1) is 5.92 Å². The fraction of sp³-hybridized carbons (Fsp3) is 0.750. The van der Waals surface area contributed by atoms with Crippen LogP contribution in [0.25, 0.3) is 0 Å². The van der Waals surface area contributed by atoms with Gasteiger partial charge in [0.1, 0.15) is 11.5 Å². The van der Waals surface area contributed by atoms with Gasteiger partial charge in [0, 0.05) is 0 Å². The summed E-state index contributed by atoms with van der Waals surface area (Å²) in [6.07, 6.45) is -4.88. The normalized spacial score (nSPS) is 20.5. The minimum Gasteiger partial charge on any atom is -0.481 e. The number of aliphatic carboxylic acids is 1. The molecule has 0 saturated heterocycles. The van der Waals surface area contributed by atoms with Gasteiger partial charge in [-0.15, -0.1) is 0 Å². The quantitative estimate of drug-likeness (QED) is 0.702. The molecule has 0 aliphatic heterocycles. The number of hydrogen-bond acceptors (Lipinski definition) is 2. The predicted molar refractivity (Wildman–Crippen MR) is 43.0 cm³/mol. The molecule has 0 aromatic rings. The second-order valence-electron chi connectivity index (χ2n) is 3.63. The number of halogens is 3. The van der Waals surface area contributed by atoms with Crippen molar-refractivity contribution in [3.8, 4) is 0 Å². The number of carboxylic acid groups (broad SMARTS) is 1. The van der Waals surface area contributed by atoms with Crippen molar-refractivity contribution < 1.29 is 27.9 Å². The highest BCUT2D eigenvalue weighted by Crippen LogP contribution is 2.48. The van der Waals surface area contributed by atoms with Crippen LogP contribution in [0.4, 0.5) is 13.2 Å². The van der Waals surface area contributed by atoms with Crippen molar-refractivity contribution in [2.24, 2.45) is 5.92 Å². The zero-order valence-corrected chi connectivity index (χ0v) is 7.89. The molecule has 1 rings (SSSR count). The molecule has 1 aliphatic rings. The van der Waals surface area contributed by atoms with Crippen LogP contribution in [-0.4, -0.2) is 28.7 Å². The first-order valence-electron chi connectivity index (χ1n) is 4.31. The number of amides is 1. The van der Waals surface area contributed by atoms with Crippen molar-refractivity contribution in [3.05, 3.63) is 0 Å². The molecule has 4 nitrogen and oxygen atoms in total. The Hall–Kier alpha value is -1.27. The number of hydrogen-bond donors (Lipinski definition) is 2. The van der Waals surface area contributed by atoms with Gasteiger partial charge in [-0.25, -0.2) is 0 Å². The Kier molecular flexibility index (Phi) is 2.67. The summed E-state index contributed by atoms with van der Waals surface area (Å²) in [6, 6.07) is 0. The van der Waals surface area contributed by atoms with Crippen LogP contribution in [0.15, 0.2) is 0 Å². The second-order valence-corrected chi connectivity index (χ2v) is 3.63.